The van der Waals surface area contributed by atoms with Crippen LogP contribution in [0.2, 0.25) is 0 Å². The maximum atomic E-state index is 11.7. The van der Waals surface area contributed by atoms with Gasteiger partial charge in [-0.1, -0.05) is 18.7 Å². The average molecular weight is 342 g/mol. The number of hydrogen-bond acceptors (Lipinski definition) is 7. The second-order valence-electron chi connectivity index (χ2n) is 4.83. The van der Waals surface area contributed by atoms with Gasteiger partial charge < -0.3 is 14.6 Å². The number of carboxylic acid groups (broad SMARTS) is 1. The molecule has 22 heavy (non-hydrogen) atoms. The van der Waals surface area contributed by atoms with E-state index in [1.54, 1.807) is 6.20 Å². The van der Waals surface area contributed by atoms with Crippen LogP contribution in [0.5, 0.6) is 0 Å². The van der Waals surface area contributed by atoms with E-state index in [0.29, 0.717) is 34.5 Å². The van der Waals surface area contributed by atoms with Crippen LogP contribution in [0, 0.1) is 0 Å². The molecule has 0 bridgehead atoms. The lowest BCUT2D eigenvalue weighted by atomic mass is 10.1. The van der Waals surface area contributed by atoms with Gasteiger partial charge in [0.2, 0.25) is 0 Å². The van der Waals surface area contributed by atoms with Gasteiger partial charge in [0.25, 0.3) is 5.91 Å². The number of aromatic nitrogens is 1. The van der Waals surface area contributed by atoms with Crippen LogP contribution in [0.3, 0.4) is 0 Å². The molecule has 7 nitrogen and oxygen atoms in total. The summed E-state index contributed by atoms with van der Waals surface area (Å²) in [5.74, 6) is -0.193. The molecule has 118 valence electrons. The first-order valence-corrected chi connectivity index (χ1v) is 8.72. The summed E-state index contributed by atoms with van der Waals surface area (Å²) < 4.78 is 5.47. The van der Waals surface area contributed by atoms with Gasteiger partial charge in [-0.15, -0.1) is 11.8 Å². The number of β-lactam (4-membered cyclic amide) rings is 1. The monoisotopic (exact) mass is 342 g/mol. The Labute approximate surface area is 134 Å². The SMILES string of the molecule is CCc1ncc(SCC2=C(C(=O)O)N3C(=O)[C@@H](O)[C@H]3SC2)o1. The van der Waals surface area contributed by atoms with Crippen molar-refractivity contribution in [2.45, 2.75) is 29.9 Å². The maximum absolute atomic E-state index is 11.7. The first kappa shape index (κ1) is 15.4. The molecule has 1 fully saturated rings. The fourth-order valence-electron chi connectivity index (χ4n) is 2.32. The van der Waals surface area contributed by atoms with E-state index >= 15 is 0 Å². The number of fused-ring (bicyclic) bond motifs is 1. The van der Waals surface area contributed by atoms with Crippen molar-refractivity contribution in [2.24, 2.45) is 0 Å². The van der Waals surface area contributed by atoms with Crippen LogP contribution in [-0.2, 0) is 16.0 Å². The Morgan fingerprint density at radius 3 is 3.05 bits per heavy atom. The smallest absolute Gasteiger partial charge is 0.352 e. The standard InChI is InChI=1S/C13H14N2O5S2/c1-2-7-14-3-8(20-7)21-4-6-5-22-12-10(16)11(17)15(12)9(6)13(18)19/h3,10,12,16H,2,4-5H2,1H3,(H,18,19)/t10-,12-/m1/s1. The summed E-state index contributed by atoms with van der Waals surface area (Å²) in [4.78, 5) is 28.4. The van der Waals surface area contributed by atoms with Crippen molar-refractivity contribution in [1.29, 1.82) is 0 Å². The van der Waals surface area contributed by atoms with Gasteiger partial charge in [0.15, 0.2) is 17.1 Å². The predicted octanol–water partition coefficient (Wildman–Crippen LogP) is 0.944. The molecule has 1 aromatic rings. The van der Waals surface area contributed by atoms with Crippen LogP contribution in [0.15, 0.2) is 27.0 Å². The molecule has 1 amide bonds. The van der Waals surface area contributed by atoms with Crippen LogP contribution in [0.4, 0.5) is 0 Å². The molecule has 2 N–H and O–H groups in total. The predicted molar refractivity (Wildman–Crippen MR) is 80.4 cm³/mol. The van der Waals surface area contributed by atoms with Gasteiger partial charge in [-0.05, 0) is 5.57 Å². The van der Waals surface area contributed by atoms with E-state index in [0.717, 1.165) is 0 Å². The first-order valence-electron chi connectivity index (χ1n) is 6.68. The number of carbonyl (C=O) groups is 2. The van der Waals surface area contributed by atoms with Gasteiger partial charge in [-0.25, -0.2) is 9.78 Å². The van der Waals surface area contributed by atoms with Gasteiger partial charge in [-0.3, -0.25) is 9.69 Å². The Balaban J connectivity index is 1.78. The van der Waals surface area contributed by atoms with Gasteiger partial charge in [0.05, 0.1) is 6.20 Å². The molecule has 0 aromatic carbocycles. The van der Waals surface area contributed by atoms with E-state index in [9.17, 15) is 19.8 Å². The normalized spacial score (nSPS) is 24.3. The van der Waals surface area contributed by atoms with Crippen molar-refractivity contribution < 1.29 is 24.2 Å². The number of rotatable bonds is 5. The van der Waals surface area contributed by atoms with E-state index in [2.05, 4.69) is 4.98 Å². The number of aliphatic hydroxyl groups is 1. The minimum Gasteiger partial charge on any atom is -0.477 e. The third-order valence-electron chi connectivity index (χ3n) is 3.45. The highest BCUT2D eigenvalue weighted by Crippen LogP contribution is 2.41. The second-order valence-corrected chi connectivity index (χ2v) is 6.91. The first-order chi connectivity index (χ1) is 10.5. The van der Waals surface area contributed by atoms with Crippen molar-refractivity contribution in [3.8, 4) is 0 Å². The molecule has 2 aliphatic rings. The molecule has 0 saturated carbocycles. The largest absolute Gasteiger partial charge is 0.477 e. The van der Waals surface area contributed by atoms with E-state index in [4.69, 9.17) is 4.42 Å². The molecule has 3 heterocycles. The summed E-state index contributed by atoms with van der Waals surface area (Å²) in [7, 11) is 0. The molecule has 2 aliphatic heterocycles. The topological polar surface area (TPSA) is 104 Å². The summed E-state index contributed by atoms with van der Waals surface area (Å²) >= 11 is 2.72. The summed E-state index contributed by atoms with van der Waals surface area (Å²) in [5.41, 5.74) is 0.634. The zero-order valence-corrected chi connectivity index (χ0v) is 13.3. The highest BCUT2D eigenvalue weighted by molar-refractivity contribution is 8.01. The Kier molecular flexibility index (Phi) is 4.20. The Morgan fingerprint density at radius 2 is 2.41 bits per heavy atom. The maximum Gasteiger partial charge on any atom is 0.352 e. The molecule has 1 saturated heterocycles. The molecule has 9 heteroatoms. The number of amides is 1. The highest BCUT2D eigenvalue weighted by Gasteiger charge is 2.52. The molecule has 0 aliphatic carbocycles. The highest BCUT2D eigenvalue weighted by atomic mass is 32.2. The van der Waals surface area contributed by atoms with Crippen molar-refractivity contribution in [3.63, 3.8) is 0 Å². The van der Waals surface area contributed by atoms with E-state index in [1.165, 1.54) is 28.4 Å². The summed E-state index contributed by atoms with van der Waals surface area (Å²) in [5, 5.41) is 19.1. The Bertz CT molecular complexity index is 657. The number of carboxylic acids is 1. The van der Waals surface area contributed by atoms with Crippen LogP contribution in [0.25, 0.3) is 0 Å². The molecule has 0 radical (unpaired) electrons. The lowest BCUT2D eigenvalue weighted by Gasteiger charge is -2.47. The molecule has 0 unspecified atom stereocenters. The summed E-state index contributed by atoms with van der Waals surface area (Å²) in [6.45, 7) is 1.93. The number of aliphatic hydroxyl groups excluding tert-OH is 1. The quantitative estimate of drug-likeness (QED) is 0.602. The van der Waals surface area contributed by atoms with Crippen LogP contribution in [0.1, 0.15) is 12.8 Å². The minimum absolute atomic E-state index is 0.0122. The summed E-state index contributed by atoms with van der Waals surface area (Å²) in [6.07, 6.45) is 1.21. The number of aryl methyl sites for hydroxylation is 1. The van der Waals surface area contributed by atoms with Crippen molar-refractivity contribution in [3.05, 3.63) is 23.4 Å². The van der Waals surface area contributed by atoms with Gasteiger partial charge in [0.1, 0.15) is 11.1 Å². The molecule has 2 atom stereocenters. The summed E-state index contributed by atoms with van der Waals surface area (Å²) in [6, 6.07) is 0. The number of thioether (sulfide) groups is 2. The minimum atomic E-state index is -1.15. The van der Waals surface area contributed by atoms with Crippen LogP contribution < -0.4 is 0 Å². The number of carbonyl (C=O) groups excluding carboxylic acids is 1. The van der Waals surface area contributed by atoms with E-state index in [-0.39, 0.29) is 5.70 Å². The zero-order valence-electron chi connectivity index (χ0n) is 11.7. The van der Waals surface area contributed by atoms with E-state index < -0.39 is 23.4 Å². The van der Waals surface area contributed by atoms with Crippen molar-refractivity contribution in [2.75, 3.05) is 11.5 Å². The van der Waals surface area contributed by atoms with E-state index in [1.807, 2.05) is 6.92 Å². The number of nitrogens with zero attached hydrogens (tertiary/aromatic N) is 2. The third kappa shape index (κ3) is 2.53. The Morgan fingerprint density at radius 1 is 1.64 bits per heavy atom. The number of aliphatic carboxylic acids is 1. The third-order valence-corrected chi connectivity index (χ3v) is 5.74. The molecular weight excluding hydrogens is 328 g/mol. The lowest BCUT2D eigenvalue weighted by Crippen LogP contribution is -2.64. The van der Waals surface area contributed by atoms with Gasteiger partial charge >= 0.3 is 5.97 Å². The average Bonchev–Trinajstić information content (AvgIpc) is 2.99. The fraction of sp³-hybridized carbons (Fsp3) is 0.462. The van der Waals surface area contributed by atoms with Gasteiger partial charge in [-0.2, -0.15) is 0 Å². The molecule has 3 rings (SSSR count). The number of oxazole rings is 1. The molecular formula is C13H14N2O5S2. The zero-order chi connectivity index (χ0) is 15.9. The van der Waals surface area contributed by atoms with Crippen LogP contribution >= 0.6 is 23.5 Å². The second kappa shape index (κ2) is 5.98. The van der Waals surface area contributed by atoms with Crippen molar-refractivity contribution >= 4 is 35.4 Å². The Hall–Kier alpha value is -1.45. The van der Waals surface area contributed by atoms with Crippen LogP contribution in [-0.4, -0.2) is 55.0 Å². The number of hydrogen-bond donors (Lipinski definition) is 2. The van der Waals surface area contributed by atoms with Gasteiger partial charge in [0, 0.05) is 17.9 Å². The lowest BCUT2D eigenvalue weighted by molar-refractivity contribution is -0.159. The van der Waals surface area contributed by atoms with Crippen molar-refractivity contribution in [1.82, 2.24) is 9.88 Å². The fourth-order valence-corrected chi connectivity index (χ4v) is 4.56. The molecule has 1 aromatic heterocycles. The molecule has 0 spiro atoms.